The van der Waals surface area contributed by atoms with Gasteiger partial charge in [-0.2, -0.15) is 5.10 Å². The summed E-state index contributed by atoms with van der Waals surface area (Å²) < 4.78 is 12.7. The standard InChI is InChI=1S/C23H23N5O4/c1-13(2)15-12-21(29)26-23(24-15)28-20(11-16(27-28)18-8-5-9-31-18)25-22(30)19-10-14-6-3-4-7-17(14)32-19/h3-11,13,15,23-24H,12H2,1-2H3,(H,25,30)(H,26,29). The Hall–Kier alpha value is -3.85. The minimum absolute atomic E-state index is 0.0241. The average Bonchev–Trinajstić information content (AvgIpc) is 3.52. The predicted molar refractivity (Wildman–Crippen MR) is 118 cm³/mol. The summed E-state index contributed by atoms with van der Waals surface area (Å²) in [4.78, 5) is 25.3. The Bertz CT molecular complexity index is 1240. The number of para-hydroxylation sites is 1. The van der Waals surface area contributed by atoms with Crippen molar-refractivity contribution in [1.29, 1.82) is 0 Å². The predicted octanol–water partition coefficient (Wildman–Crippen LogP) is 3.73. The van der Waals surface area contributed by atoms with Gasteiger partial charge in [0.2, 0.25) is 5.91 Å². The lowest BCUT2D eigenvalue weighted by molar-refractivity contribution is -0.126. The van der Waals surface area contributed by atoms with E-state index in [0.717, 1.165) is 5.39 Å². The van der Waals surface area contributed by atoms with Crippen LogP contribution in [0.15, 0.2) is 63.6 Å². The highest BCUT2D eigenvalue weighted by atomic mass is 16.3. The molecule has 2 unspecified atom stereocenters. The molecule has 0 aliphatic carbocycles. The van der Waals surface area contributed by atoms with Gasteiger partial charge in [0.25, 0.3) is 5.91 Å². The maximum absolute atomic E-state index is 13.0. The molecule has 1 aliphatic heterocycles. The van der Waals surface area contributed by atoms with E-state index in [1.165, 1.54) is 0 Å². The van der Waals surface area contributed by atoms with Gasteiger partial charge < -0.3 is 19.5 Å². The van der Waals surface area contributed by atoms with Crippen molar-refractivity contribution in [3.8, 4) is 11.5 Å². The molecule has 0 radical (unpaired) electrons. The summed E-state index contributed by atoms with van der Waals surface area (Å²) >= 11 is 0. The third-order valence-electron chi connectivity index (χ3n) is 5.52. The van der Waals surface area contributed by atoms with Gasteiger partial charge in [-0.3, -0.25) is 14.9 Å². The quantitative estimate of drug-likeness (QED) is 0.442. The first kappa shape index (κ1) is 20.1. The summed E-state index contributed by atoms with van der Waals surface area (Å²) in [7, 11) is 0. The van der Waals surface area contributed by atoms with Crippen molar-refractivity contribution in [1.82, 2.24) is 20.4 Å². The summed E-state index contributed by atoms with van der Waals surface area (Å²) in [6.45, 7) is 4.10. The van der Waals surface area contributed by atoms with Crippen LogP contribution in [-0.2, 0) is 4.79 Å². The van der Waals surface area contributed by atoms with Crippen LogP contribution in [0.4, 0.5) is 5.82 Å². The molecule has 0 saturated carbocycles. The normalized spacial score (nSPS) is 18.8. The highest BCUT2D eigenvalue weighted by molar-refractivity contribution is 6.04. The molecule has 0 spiro atoms. The molecule has 1 aromatic carbocycles. The van der Waals surface area contributed by atoms with Gasteiger partial charge in [-0.1, -0.05) is 32.0 Å². The van der Waals surface area contributed by atoms with Crippen molar-refractivity contribution >= 4 is 28.6 Å². The highest BCUT2D eigenvalue weighted by Gasteiger charge is 2.31. The Morgan fingerprint density at radius 3 is 2.81 bits per heavy atom. The van der Waals surface area contributed by atoms with E-state index in [-0.39, 0.29) is 23.6 Å². The van der Waals surface area contributed by atoms with Crippen LogP contribution in [0.5, 0.6) is 0 Å². The molecule has 164 valence electrons. The maximum atomic E-state index is 13.0. The molecule has 1 fully saturated rings. The number of carbonyl (C=O) groups excluding carboxylic acids is 2. The Morgan fingerprint density at radius 2 is 2.06 bits per heavy atom. The fourth-order valence-corrected chi connectivity index (χ4v) is 3.78. The zero-order valence-corrected chi connectivity index (χ0v) is 17.7. The van der Waals surface area contributed by atoms with Gasteiger partial charge in [0, 0.05) is 23.9 Å². The van der Waals surface area contributed by atoms with Crippen molar-refractivity contribution in [3.05, 3.63) is 60.6 Å². The maximum Gasteiger partial charge on any atom is 0.292 e. The van der Waals surface area contributed by atoms with E-state index < -0.39 is 12.2 Å². The van der Waals surface area contributed by atoms with Crippen molar-refractivity contribution < 1.29 is 18.4 Å². The van der Waals surface area contributed by atoms with E-state index in [0.29, 0.717) is 29.3 Å². The van der Waals surface area contributed by atoms with Crippen LogP contribution >= 0.6 is 0 Å². The number of hydrogen-bond acceptors (Lipinski definition) is 6. The molecule has 2 amide bonds. The first-order valence-corrected chi connectivity index (χ1v) is 10.5. The van der Waals surface area contributed by atoms with E-state index >= 15 is 0 Å². The molecule has 9 nitrogen and oxygen atoms in total. The largest absolute Gasteiger partial charge is 0.463 e. The first-order chi connectivity index (χ1) is 15.5. The Kier molecular flexibility index (Phi) is 5.02. The van der Waals surface area contributed by atoms with E-state index in [1.807, 2.05) is 18.2 Å². The van der Waals surface area contributed by atoms with Crippen LogP contribution < -0.4 is 16.0 Å². The molecule has 0 bridgehead atoms. The number of benzene rings is 1. The van der Waals surface area contributed by atoms with Crippen LogP contribution in [0, 0.1) is 5.92 Å². The summed E-state index contributed by atoms with van der Waals surface area (Å²) in [6, 6.07) is 14.3. The number of anilines is 1. The monoisotopic (exact) mass is 433 g/mol. The molecular formula is C23H23N5O4. The number of aromatic nitrogens is 2. The second-order valence-electron chi connectivity index (χ2n) is 8.13. The molecule has 32 heavy (non-hydrogen) atoms. The third-order valence-corrected chi connectivity index (χ3v) is 5.52. The number of amides is 2. The van der Waals surface area contributed by atoms with Gasteiger partial charge in [-0.25, -0.2) is 4.68 Å². The smallest absolute Gasteiger partial charge is 0.292 e. The second-order valence-corrected chi connectivity index (χ2v) is 8.13. The number of nitrogens with zero attached hydrogens (tertiary/aromatic N) is 2. The lowest BCUT2D eigenvalue weighted by Crippen LogP contribution is -2.55. The molecule has 3 N–H and O–H groups in total. The SMILES string of the molecule is CC(C)C1CC(=O)NC(n2nc(-c3ccco3)cc2NC(=O)c2cc3ccccc3o2)N1. The van der Waals surface area contributed by atoms with Crippen LogP contribution in [0.2, 0.25) is 0 Å². The topological polar surface area (TPSA) is 114 Å². The number of rotatable bonds is 5. The summed E-state index contributed by atoms with van der Waals surface area (Å²) in [5, 5.41) is 14.6. The van der Waals surface area contributed by atoms with E-state index in [1.54, 1.807) is 41.3 Å². The van der Waals surface area contributed by atoms with Gasteiger partial charge in [-0.15, -0.1) is 0 Å². The lowest BCUT2D eigenvalue weighted by Gasteiger charge is -2.34. The summed E-state index contributed by atoms with van der Waals surface area (Å²) in [6.07, 6.45) is 1.30. The van der Waals surface area contributed by atoms with Crippen molar-refractivity contribution in [3.63, 3.8) is 0 Å². The fourth-order valence-electron chi connectivity index (χ4n) is 3.78. The van der Waals surface area contributed by atoms with Crippen LogP contribution in [0.25, 0.3) is 22.4 Å². The molecule has 5 rings (SSSR count). The number of fused-ring (bicyclic) bond motifs is 1. The minimum Gasteiger partial charge on any atom is -0.463 e. The van der Waals surface area contributed by atoms with Crippen molar-refractivity contribution in [2.75, 3.05) is 5.32 Å². The summed E-state index contributed by atoms with van der Waals surface area (Å²) in [5.41, 5.74) is 1.15. The van der Waals surface area contributed by atoms with Gasteiger partial charge >= 0.3 is 0 Å². The van der Waals surface area contributed by atoms with Gasteiger partial charge in [-0.05, 0) is 30.2 Å². The van der Waals surface area contributed by atoms with E-state index in [9.17, 15) is 9.59 Å². The third kappa shape index (κ3) is 3.78. The molecule has 2 atom stereocenters. The number of carbonyl (C=O) groups is 2. The molecule has 1 saturated heterocycles. The average molecular weight is 433 g/mol. The Labute approximate surface area is 183 Å². The lowest BCUT2D eigenvalue weighted by atomic mass is 9.99. The molecule has 4 heterocycles. The highest BCUT2D eigenvalue weighted by Crippen LogP contribution is 2.27. The molecule has 1 aliphatic rings. The molecule has 3 aromatic heterocycles. The van der Waals surface area contributed by atoms with Crippen LogP contribution in [0.3, 0.4) is 0 Å². The summed E-state index contributed by atoms with van der Waals surface area (Å²) in [5.74, 6) is 0.860. The Balaban J connectivity index is 1.49. The number of furan rings is 2. The Morgan fingerprint density at radius 1 is 1.22 bits per heavy atom. The van der Waals surface area contributed by atoms with E-state index in [4.69, 9.17) is 8.83 Å². The zero-order chi connectivity index (χ0) is 22.2. The van der Waals surface area contributed by atoms with Crippen LogP contribution in [0.1, 0.15) is 37.1 Å². The zero-order valence-electron chi connectivity index (χ0n) is 17.7. The second kappa shape index (κ2) is 8.01. The number of hydrogen-bond donors (Lipinski definition) is 3. The first-order valence-electron chi connectivity index (χ1n) is 10.5. The van der Waals surface area contributed by atoms with E-state index in [2.05, 4.69) is 34.9 Å². The molecule has 9 heteroatoms. The van der Waals surface area contributed by atoms with Crippen LogP contribution in [-0.4, -0.2) is 27.6 Å². The number of nitrogens with one attached hydrogen (secondary N) is 3. The molecule has 4 aromatic rings. The van der Waals surface area contributed by atoms with Gasteiger partial charge in [0.15, 0.2) is 17.8 Å². The molecular weight excluding hydrogens is 410 g/mol. The van der Waals surface area contributed by atoms with Crippen molar-refractivity contribution in [2.45, 2.75) is 32.6 Å². The van der Waals surface area contributed by atoms with Crippen molar-refractivity contribution in [2.24, 2.45) is 5.92 Å². The minimum atomic E-state index is -0.627. The van der Waals surface area contributed by atoms with Gasteiger partial charge in [0.1, 0.15) is 17.1 Å². The van der Waals surface area contributed by atoms with Gasteiger partial charge in [0.05, 0.1) is 6.26 Å². The fraction of sp³-hybridized carbons (Fsp3) is 0.261.